The van der Waals surface area contributed by atoms with Crippen LogP contribution in [0, 0.1) is 5.41 Å². The minimum atomic E-state index is -3.57. The van der Waals surface area contributed by atoms with Crippen LogP contribution in [0.1, 0.15) is 26.7 Å². The molecule has 3 nitrogen and oxygen atoms in total. The van der Waals surface area contributed by atoms with Gasteiger partial charge in [-0.2, -0.15) is 0 Å². The number of hydrogen-bond acceptors (Lipinski definition) is 3. The van der Waals surface area contributed by atoms with Gasteiger partial charge in [0.1, 0.15) is 5.75 Å². The second kappa shape index (κ2) is 7.34. The maximum atomic E-state index is 11.4. The topological polar surface area (TPSA) is 43.4 Å². The number of rotatable bonds is 7. The van der Waals surface area contributed by atoms with Crippen LogP contribution in [-0.4, -0.2) is 20.8 Å². The van der Waals surface area contributed by atoms with Gasteiger partial charge in [-0.3, -0.25) is 0 Å². The van der Waals surface area contributed by atoms with E-state index in [1.807, 2.05) is 13.8 Å². The van der Waals surface area contributed by atoms with E-state index in [4.69, 9.17) is 27.0 Å². The van der Waals surface area contributed by atoms with Gasteiger partial charge in [0.05, 0.1) is 16.8 Å². The molecule has 1 aromatic rings. The van der Waals surface area contributed by atoms with Crippen molar-refractivity contribution < 1.29 is 13.2 Å². The SMILES string of the molecule is CCC(CC)(COc1ccc(Cl)cc1Br)CS(=O)(=O)Cl. The molecule has 0 fully saturated rings. The van der Waals surface area contributed by atoms with Crippen LogP contribution >= 0.6 is 38.2 Å². The Hall–Kier alpha value is 0.0300. The summed E-state index contributed by atoms with van der Waals surface area (Å²) in [4.78, 5) is 0. The van der Waals surface area contributed by atoms with Gasteiger partial charge in [-0.15, -0.1) is 0 Å². The standard InChI is InChI=1S/C13H17BrCl2O3S/c1-3-13(4-2,9-20(16,17)18)8-19-12-6-5-10(15)7-11(12)14/h5-7H,3-4,8-9H2,1-2H3. The van der Waals surface area contributed by atoms with Gasteiger partial charge >= 0.3 is 0 Å². The van der Waals surface area contributed by atoms with Crippen molar-refractivity contribution in [3.8, 4) is 5.75 Å². The Kier molecular flexibility index (Phi) is 6.64. The molecular formula is C13H17BrCl2O3S. The fraction of sp³-hybridized carbons (Fsp3) is 0.538. The summed E-state index contributed by atoms with van der Waals surface area (Å²) in [5, 5.41) is 0.602. The van der Waals surface area contributed by atoms with Crippen LogP contribution in [-0.2, 0) is 9.05 Å². The molecule has 0 unspecified atom stereocenters. The molecule has 0 aliphatic rings. The molecular weight excluding hydrogens is 387 g/mol. The van der Waals surface area contributed by atoms with E-state index in [0.29, 0.717) is 23.6 Å². The van der Waals surface area contributed by atoms with E-state index in [1.54, 1.807) is 18.2 Å². The predicted octanol–water partition coefficient (Wildman–Crippen LogP) is 4.86. The van der Waals surface area contributed by atoms with Gasteiger partial charge in [0.2, 0.25) is 9.05 Å². The van der Waals surface area contributed by atoms with Gasteiger partial charge in [0.25, 0.3) is 0 Å². The zero-order valence-corrected chi connectivity index (χ0v) is 15.2. The Morgan fingerprint density at radius 1 is 1.30 bits per heavy atom. The molecule has 0 aromatic heterocycles. The lowest BCUT2D eigenvalue weighted by atomic mass is 9.85. The van der Waals surface area contributed by atoms with E-state index in [1.165, 1.54) is 0 Å². The van der Waals surface area contributed by atoms with Crippen molar-refractivity contribution in [2.75, 3.05) is 12.4 Å². The van der Waals surface area contributed by atoms with Crippen molar-refractivity contribution in [3.63, 3.8) is 0 Å². The number of ether oxygens (including phenoxy) is 1. The van der Waals surface area contributed by atoms with Crippen LogP contribution in [0.2, 0.25) is 5.02 Å². The van der Waals surface area contributed by atoms with E-state index in [-0.39, 0.29) is 12.4 Å². The van der Waals surface area contributed by atoms with Crippen molar-refractivity contribution in [2.45, 2.75) is 26.7 Å². The lowest BCUT2D eigenvalue weighted by molar-refractivity contribution is 0.154. The quantitative estimate of drug-likeness (QED) is 0.610. The molecule has 0 aliphatic carbocycles. The van der Waals surface area contributed by atoms with E-state index in [2.05, 4.69) is 15.9 Å². The highest BCUT2D eigenvalue weighted by atomic mass is 79.9. The summed E-state index contributed by atoms with van der Waals surface area (Å²) in [6, 6.07) is 5.20. The third-order valence-electron chi connectivity index (χ3n) is 3.41. The normalized spacial score (nSPS) is 12.4. The molecule has 0 saturated carbocycles. The summed E-state index contributed by atoms with van der Waals surface area (Å²) in [6.07, 6.45) is 1.33. The molecule has 0 saturated heterocycles. The molecule has 20 heavy (non-hydrogen) atoms. The lowest BCUT2D eigenvalue weighted by Crippen LogP contribution is -2.33. The van der Waals surface area contributed by atoms with E-state index in [0.717, 1.165) is 4.47 Å². The molecule has 0 spiro atoms. The first-order valence-corrected chi connectivity index (χ1v) is 9.86. The largest absolute Gasteiger partial charge is 0.492 e. The van der Waals surface area contributed by atoms with Gasteiger partial charge in [-0.25, -0.2) is 8.42 Å². The maximum Gasteiger partial charge on any atom is 0.233 e. The summed E-state index contributed by atoms with van der Waals surface area (Å²) in [5.41, 5.74) is -0.486. The van der Waals surface area contributed by atoms with Crippen molar-refractivity contribution in [1.82, 2.24) is 0 Å². The Morgan fingerprint density at radius 2 is 1.90 bits per heavy atom. The van der Waals surface area contributed by atoms with Crippen LogP contribution in [0.4, 0.5) is 0 Å². The van der Waals surface area contributed by atoms with Gasteiger partial charge in [-0.05, 0) is 47.0 Å². The van der Waals surface area contributed by atoms with Gasteiger partial charge in [0, 0.05) is 21.1 Å². The fourth-order valence-electron chi connectivity index (χ4n) is 1.89. The summed E-state index contributed by atoms with van der Waals surface area (Å²) in [7, 11) is 1.83. The summed E-state index contributed by atoms with van der Waals surface area (Å²) >= 11 is 9.23. The molecule has 7 heteroatoms. The summed E-state index contributed by atoms with van der Waals surface area (Å²) in [5.74, 6) is 0.535. The Labute approximate surface area is 138 Å². The average molecular weight is 404 g/mol. The van der Waals surface area contributed by atoms with E-state index >= 15 is 0 Å². The van der Waals surface area contributed by atoms with Gasteiger partial charge in [-0.1, -0.05) is 25.4 Å². The van der Waals surface area contributed by atoms with Crippen molar-refractivity contribution in [2.24, 2.45) is 5.41 Å². The third-order valence-corrected chi connectivity index (χ3v) is 5.55. The second-order valence-corrected chi connectivity index (χ2v) is 8.82. The first-order chi connectivity index (χ1) is 9.21. The number of halogens is 3. The zero-order chi connectivity index (χ0) is 15.4. The first kappa shape index (κ1) is 18.1. The van der Waals surface area contributed by atoms with Crippen LogP contribution < -0.4 is 4.74 Å². The van der Waals surface area contributed by atoms with Gasteiger partial charge < -0.3 is 4.74 Å². The zero-order valence-electron chi connectivity index (χ0n) is 11.3. The number of hydrogen-bond donors (Lipinski definition) is 0. The van der Waals surface area contributed by atoms with Gasteiger partial charge in [0.15, 0.2) is 0 Å². The molecule has 0 radical (unpaired) electrons. The first-order valence-electron chi connectivity index (χ1n) is 6.21. The molecule has 1 aromatic carbocycles. The molecule has 0 amide bonds. The minimum absolute atomic E-state index is 0.0975. The summed E-state index contributed by atoms with van der Waals surface area (Å²) in [6.45, 7) is 4.16. The highest BCUT2D eigenvalue weighted by molar-refractivity contribution is 9.10. The Balaban J connectivity index is 2.86. The van der Waals surface area contributed by atoms with Crippen LogP contribution in [0.5, 0.6) is 5.75 Å². The smallest absolute Gasteiger partial charge is 0.233 e. The monoisotopic (exact) mass is 402 g/mol. The molecule has 0 aliphatic heterocycles. The molecule has 1 rings (SSSR count). The second-order valence-electron chi connectivity index (χ2n) is 4.75. The highest BCUT2D eigenvalue weighted by Crippen LogP contribution is 2.33. The highest BCUT2D eigenvalue weighted by Gasteiger charge is 2.32. The lowest BCUT2D eigenvalue weighted by Gasteiger charge is -2.30. The average Bonchev–Trinajstić information content (AvgIpc) is 2.35. The molecule has 0 heterocycles. The van der Waals surface area contributed by atoms with Crippen LogP contribution in [0.3, 0.4) is 0 Å². The Bertz CT molecular complexity index is 557. The van der Waals surface area contributed by atoms with E-state index in [9.17, 15) is 8.42 Å². The molecule has 0 N–H and O–H groups in total. The molecule has 0 atom stereocenters. The van der Waals surface area contributed by atoms with Crippen LogP contribution in [0.25, 0.3) is 0 Å². The molecule has 0 bridgehead atoms. The third kappa shape index (κ3) is 5.43. The van der Waals surface area contributed by atoms with Crippen LogP contribution in [0.15, 0.2) is 22.7 Å². The predicted molar refractivity (Wildman–Crippen MR) is 87.3 cm³/mol. The van der Waals surface area contributed by atoms with Crippen molar-refractivity contribution >= 4 is 47.3 Å². The molecule has 114 valence electrons. The van der Waals surface area contributed by atoms with Crippen molar-refractivity contribution in [3.05, 3.63) is 27.7 Å². The number of benzene rings is 1. The summed E-state index contributed by atoms with van der Waals surface area (Å²) < 4.78 is 29.2. The minimum Gasteiger partial charge on any atom is -0.492 e. The van der Waals surface area contributed by atoms with E-state index < -0.39 is 14.5 Å². The maximum absolute atomic E-state index is 11.4. The Morgan fingerprint density at radius 3 is 2.35 bits per heavy atom. The fourth-order valence-corrected chi connectivity index (χ4v) is 4.60. The van der Waals surface area contributed by atoms with Crippen molar-refractivity contribution in [1.29, 1.82) is 0 Å².